The predicted molar refractivity (Wildman–Crippen MR) is 102 cm³/mol. The van der Waals surface area contributed by atoms with Crippen LogP contribution in [-0.4, -0.2) is 44.2 Å². The van der Waals surface area contributed by atoms with E-state index in [9.17, 15) is 10.1 Å². The van der Waals surface area contributed by atoms with E-state index in [1.165, 1.54) is 0 Å². The number of para-hydroxylation sites is 1. The van der Waals surface area contributed by atoms with E-state index in [4.69, 9.17) is 4.74 Å². The Morgan fingerprint density at radius 1 is 1.15 bits per heavy atom. The predicted octanol–water partition coefficient (Wildman–Crippen LogP) is 3.23. The number of amides is 2. The zero-order valence-corrected chi connectivity index (χ0v) is 15.0. The molecule has 26 heavy (non-hydrogen) atoms. The van der Waals surface area contributed by atoms with Gasteiger partial charge in [-0.2, -0.15) is 5.26 Å². The third-order valence-corrected chi connectivity index (χ3v) is 4.61. The zero-order valence-electron chi connectivity index (χ0n) is 15.0. The number of nitrogens with zero attached hydrogens (tertiary/aromatic N) is 3. The van der Waals surface area contributed by atoms with Crippen LogP contribution >= 0.6 is 0 Å². The molecule has 0 aromatic heterocycles. The first kappa shape index (κ1) is 17.6. The Hall–Kier alpha value is -3.20. The van der Waals surface area contributed by atoms with E-state index in [1.807, 2.05) is 49.4 Å². The minimum absolute atomic E-state index is 0.105. The van der Waals surface area contributed by atoms with Crippen molar-refractivity contribution >= 4 is 17.4 Å². The van der Waals surface area contributed by atoms with E-state index in [1.54, 1.807) is 12.0 Å². The summed E-state index contributed by atoms with van der Waals surface area (Å²) in [7, 11) is 1.62. The van der Waals surface area contributed by atoms with Crippen molar-refractivity contribution in [2.45, 2.75) is 6.92 Å². The summed E-state index contributed by atoms with van der Waals surface area (Å²) in [6.07, 6.45) is 0. The first-order valence-electron chi connectivity index (χ1n) is 8.57. The van der Waals surface area contributed by atoms with Gasteiger partial charge in [-0.05, 0) is 42.8 Å². The molecule has 0 unspecified atom stereocenters. The lowest BCUT2D eigenvalue weighted by atomic mass is 10.1. The SMILES string of the molecule is COc1ccc(NC(=O)N2CCN(c3ccccc3C#N)CC2)c(C)c1. The topological polar surface area (TPSA) is 68.6 Å². The molecular weight excluding hydrogens is 328 g/mol. The highest BCUT2D eigenvalue weighted by molar-refractivity contribution is 5.90. The number of ether oxygens (including phenoxy) is 1. The molecule has 2 aromatic rings. The van der Waals surface area contributed by atoms with Gasteiger partial charge in [-0.3, -0.25) is 0 Å². The van der Waals surface area contributed by atoms with E-state index < -0.39 is 0 Å². The van der Waals surface area contributed by atoms with Crippen molar-refractivity contribution in [1.29, 1.82) is 5.26 Å². The Morgan fingerprint density at radius 2 is 1.88 bits per heavy atom. The lowest BCUT2D eigenvalue weighted by Gasteiger charge is -2.36. The Balaban J connectivity index is 1.61. The molecule has 1 aliphatic heterocycles. The number of urea groups is 1. The molecule has 6 nitrogen and oxygen atoms in total. The largest absolute Gasteiger partial charge is 0.497 e. The molecule has 0 atom stereocenters. The molecule has 0 radical (unpaired) electrons. The zero-order chi connectivity index (χ0) is 18.5. The van der Waals surface area contributed by atoms with Gasteiger partial charge in [-0.1, -0.05) is 12.1 Å². The summed E-state index contributed by atoms with van der Waals surface area (Å²) < 4.78 is 5.19. The lowest BCUT2D eigenvalue weighted by Crippen LogP contribution is -2.50. The fraction of sp³-hybridized carbons (Fsp3) is 0.300. The fourth-order valence-electron chi connectivity index (χ4n) is 3.09. The summed E-state index contributed by atoms with van der Waals surface area (Å²) in [5.74, 6) is 0.769. The van der Waals surface area contributed by atoms with Crippen molar-refractivity contribution in [1.82, 2.24) is 4.90 Å². The highest BCUT2D eigenvalue weighted by Crippen LogP contribution is 2.23. The number of hydrogen-bond donors (Lipinski definition) is 1. The Morgan fingerprint density at radius 3 is 2.54 bits per heavy atom. The van der Waals surface area contributed by atoms with Gasteiger partial charge in [0.15, 0.2) is 0 Å². The molecule has 2 aromatic carbocycles. The first-order chi connectivity index (χ1) is 12.6. The van der Waals surface area contributed by atoms with Crippen LogP contribution in [-0.2, 0) is 0 Å². The molecule has 1 aliphatic rings. The van der Waals surface area contributed by atoms with Crippen LogP contribution < -0.4 is 15.0 Å². The van der Waals surface area contributed by atoms with Gasteiger partial charge in [0.25, 0.3) is 0 Å². The summed E-state index contributed by atoms with van der Waals surface area (Å²) >= 11 is 0. The van der Waals surface area contributed by atoms with Crippen LogP contribution in [0.2, 0.25) is 0 Å². The number of rotatable bonds is 3. The molecule has 0 aliphatic carbocycles. The van der Waals surface area contributed by atoms with Gasteiger partial charge >= 0.3 is 6.03 Å². The summed E-state index contributed by atoms with van der Waals surface area (Å²) in [5.41, 5.74) is 3.34. The molecule has 2 amide bonds. The molecule has 0 spiro atoms. The third-order valence-electron chi connectivity index (χ3n) is 4.61. The van der Waals surface area contributed by atoms with Crippen molar-refractivity contribution in [2.75, 3.05) is 43.5 Å². The second-order valence-electron chi connectivity index (χ2n) is 6.21. The molecule has 1 N–H and O–H groups in total. The number of carbonyl (C=O) groups is 1. The average Bonchev–Trinajstić information content (AvgIpc) is 2.69. The molecule has 3 rings (SSSR count). The Labute approximate surface area is 153 Å². The number of piperazine rings is 1. The van der Waals surface area contributed by atoms with Gasteiger partial charge in [0.05, 0.1) is 18.4 Å². The van der Waals surface area contributed by atoms with Crippen molar-refractivity contribution in [3.63, 3.8) is 0 Å². The van der Waals surface area contributed by atoms with Crippen LogP contribution in [0.25, 0.3) is 0 Å². The minimum Gasteiger partial charge on any atom is -0.497 e. The first-order valence-corrected chi connectivity index (χ1v) is 8.57. The Bertz CT molecular complexity index is 836. The third kappa shape index (κ3) is 3.72. The maximum Gasteiger partial charge on any atom is 0.321 e. The maximum absolute atomic E-state index is 12.6. The number of methoxy groups -OCH3 is 1. The number of carbonyl (C=O) groups excluding carboxylic acids is 1. The van der Waals surface area contributed by atoms with Crippen LogP contribution in [0.3, 0.4) is 0 Å². The second-order valence-corrected chi connectivity index (χ2v) is 6.21. The summed E-state index contributed by atoms with van der Waals surface area (Å²) in [6.45, 7) is 4.57. The van der Waals surface area contributed by atoms with Crippen molar-refractivity contribution in [3.05, 3.63) is 53.6 Å². The van der Waals surface area contributed by atoms with Gasteiger partial charge in [0.1, 0.15) is 11.8 Å². The molecule has 6 heteroatoms. The van der Waals surface area contributed by atoms with Crippen molar-refractivity contribution < 1.29 is 9.53 Å². The highest BCUT2D eigenvalue weighted by Gasteiger charge is 2.22. The molecule has 1 fully saturated rings. The standard InChI is InChI=1S/C20H22N4O2/c1-15-13-17(26-2)7-8-18(15)22-20(25)24-11-9-23(10-12-24)19-6-4-3-5-16(19)14-21/h3-8,13H,9-12H2,1-2H3,(H,22,25). The van der Waals surface area contributed by atoms with Crippen LogP contribution in [0.1, 0.15) is 11.1 Å². The molecular formula is C20H22N4O2. The minimum atomic E-state index is -0.105. The molecule has 1 heterocycles. The monoisotopic (exact) mass is 350 g/mol. The number of nitriles is 1. The fourth-order valence-corrected chi connectivity index (χ4v) is 3.09. The van der Waals surface area contributed by atoms with Crippen LogP contribution in [0, 0.1) is 18.3 Å². The molecule has 1 saturated heterocycles. The summed E-state index contributed by atoms with van der Waals surface area (Å²) in [4.78, 5) is 16.5. The van der Waals surface area contributed by atoms with Crippen LogP contribution in [0.15, 0.2) is 42.5 Å². The van der Waals surface area contributed by atoms with Crippen LogP contribution in [0.4, 0.5) is 16.2 Å². The Kier molecular flexibility index (Phi) is 5.28. The van der Waals surface area contributed by atoms with Gasteiger partial charge in [0, 0.05) is 31.9 Å². The van der Waals surface area contributed by atoms with Crippen molar-refractivity contribution in [3.8, 4) is 11.8 Å². The van der Waals surface area contributed by atoms with E-state index in [-0.39, 0.29) is 6.03 Å². The summed E-state index contributed by atoms with van der Waals surface area (Å²) in [5, 5.41) is 12.2. The van der Waals surface area contributed by atoms with Gasteiger partial charge < -0.3 is 19.9 Å². The normalized spacial score (nSPS) is 13.9. The number of hydrogen-bond acceptors (Lipinski definition) is 4. The van der Waals surface area contributed by atoms with Gasteiger partial charge in [-0.25, -0.2) is 4.79 Å². The lowest BCUT2D eigenvalue weighted by molar-refractivity contribution is 0.208. The molecule has 0 saturated carbocycles. The number of nitrogens with one attached hydrogen (secondary N) is 1. The second kappa shape index (κ2) is 7.79. The quantitative estimate of drug-likeness (QED) is 0.923. The summed E-state index contributed by atoms with van der Waals surface area (Å²) in [6, 6.07) is 15.3. The number of benzene rings is 2. The van der Waals surface area contributed by atoms with E-state index in [2.05, 4.69) is 16.3 Å². The van der Waals surface area contributed by atoms with Crippen LogP contribution in [0.5, 0.6) is 5.75 Å². The van der Waals surface area contributed by atoms with Crippen molar-refractivity contribution in [2.24, 2.45) is 0 Å². The number of aryl methyl sites for hydroxylation is 1. The van der Waals surface area contributed by atoms with E-state index in [0.717, 1.165) is 22.7 Å². The molecule has 134 valence electrons. The van der Waals surface area contributed by atoms with E-state index in [0.29, 0.717) is 31.7 Å². The van der Waals surface area contributed by atoms with Gasteiger partial charge in [-0.15, -0.1) is 0 Å². The van der Waals surface area contributed by atoms with E-state index >= 15 is 0 Å². The average molecular weight is 350 g/mol. The number of anilines is 2. The molecule has 0 bridgehead atoms. The smallest absolute Gasteiger partial charge is 0.321 e. The highest BCUT2D eigenvalue weighted by atomic mass is 16.5. The maximum atomic E-state index is 12.6. The van der Waals surface area contributed by atoms with Gasteiger partial charge in [0.2, 0.25) is 0 Å².